The van der Waals surface area contributed by atoms with Crippen molar-refractivity contribution in [2.45, 2.75) is 65.2 Å². The number of hydrogen-bond donors (Lipinski definition) is 3. The lowest BCUT2D eigenvalue weighted by atomic mass is 9.89. The molecular formula is C27H40N4O. The van der Waals surface area contributed by atoms with Crippen molar-refractivity contribution < 1.29 is 4.79 Å². The largest absolute Gasteiger partial charge is 0.383 e. The Kier molecular flexibility index (Phi) is 9.73. The van der Waals surface area contributed by atoms with E-state index in [1.807, 2.05) is 18.2 Å². The Balaban J connectivity index is 1.94. The minimum atomic E-state index is 0.713. The third-order valence-corrected chi connectivity index (χ3v) is 6.32. The molecule has 0 aromatic heterocycles. The predicted octanol–water partition coefficient (Wildman–Crippen LogP) is 7.01. The minimum Gasteiger partial charge on any atom is -0.383 e. The van der Waals surface area contributed by atoms with E-state index in [4.69, 9.17) is 0 Å². The maximum absolute atomic E-state index is 11.4. The van der Waals surface area contributed by atoms with Gasteiger partial charge in [0.15, 0.2) is 0 Å². The number of anilines is 5. The summed E-state index contributed by atoms with van der Waals surface area (Å²) in [5.41, 5.74) is 5.08. The molecule has 2 aromatic carbocycles. The molecule has 1 amide bonds. The second-order valence-electron chi connectivity index (χ2n) is 8.89. The van der Waals surface area contributed by atoms with Crippen LogP contribution in [-0.4, -0.2) is 26.0 Å². The van der Waals surface area contributed by atoms with Crippen LogP contribution in [0.15, 0.2) is 42.5 Å². The lowest BCUT2D eigenvalue weighted by Gasteiger charge is -2.29. The van der Waals surface area contributed by atoms with E-state index in [1.165, 1.54) is 44.2 Å². The second-order valence-corrected chi connectivity index (χ2v) is 8.89. The molecule has 3 rings (SSSR count). The van der Waals surface area contributed by atoms with E-state index < -0.39 is 0 Å². The van der Waals surface area contributed by atoms with E-state index in [0.29, 0.717) is 5.92 Å². The fraction of sp³-hybridized carbons (Fsp3) is 0.519. The Bertz CT molecular complexity index is 818. The molecule has 0 bridgehead atoms. The molecule has 0 heterocycles. The Hall–Kier alpha value is -2.69. The fourth-order valence-corrected chi connectivity index (χ4v) is 4.57. The molecule has 5 heteroatoms. The van der Waals surface area contributed by atoms with Gasteiger partial charge in [-0.1, -0.05) is 57.7 Å². The highest BCUT2D eigenvalue weighted by molar-refractivity contribution is 5.90. The third kappa shape index (κ3) is 6.91. The summed E-state index contributed by atoms with van der Waals surface area (Å²) in [4.78, 5) is 13.9. The molecule has 2 aromatic rings. The molecule has 32 heavy (non-hydrogen) atoms. The van der Waals surface area contributed by atoms with Gasteiger partial charge in [0.25, 0.3) is 0 Å². The first kappa shape index (κ1) is 24.0. The van der Waals surface area contributed by atoms with E-state index in [2.05, 4.69) is 59.0 Å². The lowest BCUT2D eigenvalue weighted by molar-refractivity contribution is -0.105. The molecule has 3 N–H and O–H groups in total. The summed E-state index contributed by atoms with van der Waals surface area (Å²) in [6.07, 6.45) is 10.8. The van der Waals surface area contributed by atoms with E-state index in [-0.39, 0.29) is 0 Å². The van der Waals surface area contributed by atoms with Crippen molar-refractivity contribution in [1.29, 1.82) is 0 Å². The van der Waals surface area contributed by atoms with Gasteiger partial charge in [-0.2, -0.15) is 0 Å². The Morgan fingerprint density at radius 2 is 1.72 bits per heavy atom. The van der Waals surface area contributed by atoms with Gasteiger partial charge in [0.1, 0.15) is 0 Å². The Morgan fingerprint density at radius 3 is 2.41 bits per heavy atom. The molecule has 0 spiro atoms. The summed E-state index contributed by atoms with van der Waals surface area (Å²) in [5.74, 6) is 0.713. The van der Waals surface area contributed by atoms with Crippen LogP contribution in [0.2, 0.25) is 0 Å². The highest BCUT2D eigenvalue weighted by atomic mass is 16.1. The van der Waals surface area contributed by atoms with Crippen LogP contribution in [0.25, 0.3) is 0 Å². The van der Waals surface area contributed by atoms with Crippen LogP contribution in [0, 0.1) is 5.92 Å². The van der Waals surface area contributed by atoms with Crippen molar-refractivity contribution in [3.8, 4) is 0 Å². The molecule has 174 valence electrons. The lowest BCUT2D eigenvalue weighted by Crippen LogP contribution is -2.26. The number of unbranched alkanes of at least 4 members (excludes halogenated alkanes) is 1. The molecule has 0 unspecified atom stereocenters. The molecule has 0 atom stereocenters. The minimum absolute atomic E-state index is 0.713. The quantitative estimate of drug-likeness (QED) is 0.296. The maximum atomic E-state index is 11.4. The van der Waals surface area contributed by atoms with Crippen molar-refractivity contribution in [1.82, 2.24) is 0 Å². The topological polar surface area (TPSA) is 56.4 Å². The SMILES string of the molecule is CCCCN(CCC)c1cc(NCC2CCCCC2)c(NC=O)cc1Nc1ccccc1. The average molecular weight is 437 g/mol. The number of amides is 1. The molecule has 0 radical (unpaired) electrons. The molecule has 0 aliphatic heterocycles. The summed E-state index contributed by atoms with van der Waals surface area (Å²) in [7, 11) is 0. The second kappa shape index (κ2) is 13.0. The van der Waals surface area contributed by atoms with E-state index in [0.717, 1.165) is 61.6 Å². The van der Waals surface area contributed by atoms with Crippen LogP contribution in [0.1, 0.15) is 65.2 Å². The molecule has 5 nitrogen and oxygen atoms in total. The van der Waals surface area contributed by atoms with Gasteiger partial charge in [-0.3, -0.25) is 4.79 Å². The standard InChI is InChI=1S/C27H40N4O/c1-3-5-17-31(16-4-2)27-19-25(28-20-22-12-8-6-9-13-22)24(29-21-32)18-26(27)30-23-14-10-7-11-15-23/h7,10-11,14-15,18-19,21-22,28,30H,3-6,8-9,12-13,16-17,20H2,1-2H3,(H,29,32). The van der Waals surface area contributed by atoms with Crippen LogP contribution in [-0.2, 0) is 4.79 Å². The summed E-state index contributed by atoms with van der Waals surface area (Å²) < 4.78 is 0. The maximum Gasteiger partial charge on any atom is 0.211 e. The van der Waals surface area contributed by atoms with Crippen LogP contribution >= 0.6 is 0 Å². The smallest absolute Gasteiger partial charge is 0.211 e. The number of nitrogens with zero attached hydrogens (tertiary/aromatic N) is 1. The Morgan fingerprint density at radius 1 is 0.938 bits per heavy atom. The van der Waals surface area contributed by atoms with Crippen molar-refractivity contribution >= 4 is 34.8 Å². The van der Waals surface area contributed by atoms with Crippen LogP contribution < -0.4 is 20.9 Å². The van der Waals surface area contributed by atoms with Gasteiger partial charge >= 0.3 is 0 Å². The highest BCUT2D eigenvalue weighted by Gasteiger charge is 2.18. The summed E-state index contributed by atoms with van der Waals surface area (Å²) >= 11 is 0. The summed E-state index contributed by atoms with van der Waals surface area (Å²) in [6, 6.07) is 14.5. The third-order valence-electron chi connectivity index (χ3n) is 6.32. The molecule has 1 fully saturated rings. The van der Waals surface area contributed by atoms with Gasteiger partial charge in [-0.15, -0.1) is 0 Å². The first-order valence-corrected chi connectivity index (χ1v) is 12.4. The summed E-state index contributed by atoms with van der Waals surface area (Å²) in [6.45, 7) is 7.46. The van der Waals surface area contributed by atoms with Crippen LogP contribution in [0.5, 0.6) is 0 Å². The van der Waals surface area contributed by atoms with Gasteiger partial charge in [0.2, 0.25) is 6.41 Å². The molecule has 1 aliphatic rings. The monoisotopic (exact) mass is 436 g/mol. The van der Waals surface area contributed by atoms with Crippen molar-refractivity contribution in [3.05, 3.63) is 42.5 Å². The van der Waals surface area contributed by atoms with Crippen molar-refractivity contribution in [3.63, 3.8) is 0 Å². The van der Waals surface area contributed by atoms with Gasteiger partial charge in [0.05, 0.1) is 22.7 Å². The number of rotatable bonds is 13. The zero-order chi connectivity index (χ0) is 22.6. The van der Waals surface area contributed by atoms with Crippen molar-refractivity contribution in [2.75, 3.05) is 40.5 Å². The normalized spacial score (nSPS) is 14.1. The number of nitrogens with one attached hydrogen (secondary N) is 3. The number of para-hydroxylation sites is 1. The highest BCUT2D eigenvalue weighted by Crippen LogP contribution is 2.38. The van der Waals surface area contributed by atoms with E-state index in [9.17, 15) is 4.79 Å². The molecule has 0 saturated heterocycles. The number of carbonyl (C=O) groups is 1. The van der Waals surface area contributed by atoms with E-state index in [1.54, 1.807) is 0 Å². The Labute approximate surface area is 194 Å². The van der Waals surface area contributed by atoms with E-state index >= 15 is 0 Å². The molecular weight excluding hydrogens is 396 g/mol. The van der Waals surface area contributed by atoms with Gasteiger partial charge in [-0.25, -0.2) is 0 Å². The first-order chi connectivity index (χ1) is 15.7. The van der Waals surface area contributed by atoms with Crippen LogP contribution in [0.4, 0.5) is 28.4 Å². The number of benzene rings is 2. The predicted molar refractivity (Wildman–Crippen MR) is 138 cm³/mol. The number of carbonyl (C=O) groups excluding carboxylic acids is 1. The summed E-state index contributed by atoms with van der Waals surface area (Å²) in [5, 5.41) is 10.2. The zero-order valence-electron chi connectivity index (χ0n) is 19.8. The fourth-order valence-electron chi connectivity index (χ4n) is 4.57. The van der Waals surface area contributed by atoms with Crippen molar-refractivity contribution in [2.24, 2.45) is 5.92 Å². The van der Waals surface area contributed by atoms with Gasteiger partial charge in [-0.05, 0) is 55.9 Å². The number of hydrogen-bond acceptors (Lipinski definition) is 4. The molecule has 1 aliphatic carbocycles. The first-order valence-electron chi connectivity index (χ1n) is 12.4. The zero-order valence-corrected chi connectivity index (χ0v) is 19.8. The van der Waals surface area contributed by atoms with Crippen LogP contribution in [0.3, 0.4) is 0 Å². The molecule has 1 saturated carbocycles. The van der Waals surface area contributed by atoms with Gasteiger partial charge in [0, 0.05) is 25.3 Å². The average Bonchev–Trinajstić information content (AvgIpc) is 2.83. The van der Waals surface area contributed by atoms with Gasteiger partial charge < -0.3 is 20.9 Å².